The van der Waals surface area contributed by atoms with Crippen LogP contribution >= 0.6 is 0 Å². The van der Waals surface area contributed by atoms with Crippen molar-refractivity contribution in [3.05, 3.63) is 35.3 Å². The fourth-order valence-corrected chi connectivity index (χ4v) is 3.57. The second-order valence-electron chi connectivity index (χ2n) is 7.09. The van der Waals surface area contributed by atoms with E-state index >= 15 is 0 Å². The van der Waals surface area contributed by atoms with Crippen molar-refractivity contribution in [3.8, 4) is 0 Å². The molecule has 2 N–H and O–H groups in total. The molecule has 5 nitrogen and oxygen atoms in total. The molecule has 0 bridgehead atoms. The topological polar surface area (TPSA) is 63.5 Å². The van der Waals surface area contributed by atoms with E-state index in [0.29, 0.717) is 30.0 Å². The molecule has 4 rings (SSSR count). The quantitative estimate of drug-likeness (QED) is 0.888. The largest absolute Gasteiger partial charge is 0.459 e. The predicted molar refractivity (Wildman–Crippen MR) is 91.8 cm³/mol. The highest BCUT2D eigenvalue weighted by molar-refractivity contribution is 5.82. The van der Waals surface area contributed by atoms with Crippen molar-refractivity contribution in [1.82, 2.24) is 10.6 Å². The Balaban J connectivity index is 1.33. The number of nitrogens with one attached hydrogen (secondary N) is 2. The summed E-state index contributed by atoms with van der Waals surface area (Å²) in [5, 5.41) is 6.62. The first-order valence-electron chi connectivity index (χ1n) is 8.93. The van der Waals surface area contributed by atoms with E-state index in [2.05, 4.69) is 10.6 Å². The molecule has 134 valence electrons. The van der Waals surface area contributed by atoms with Gasteiger partial charge >= 0.3 is 6.03 Å². The number of benzene rings is 1. The van der Waals surface area contributed by atoms with Crippen LogP contribution in [0, 0.1) is 18.7 Å². The Labute approximate surface area is 145 Å². The number of rotatable bonds is 4. The molecule has 2 heterocycles. The van der Waals surface area contributed by atoms with E-state index in [9.17, 15) is 9.18 Å². The Morgan fingerprint density at radius 1 is 1.32 bits per heavy atom. The molecule has 2 amide bonds. The smallest absolute Gasteiger partial charge is 0.315 e. The van der Waals surface area contributed by atoms with Crippen LogP contribution in [0.2, 0.25) is 0 Å². The highest BCUT2D eigenvalue weighted by Crippen LogP contribution is 2.38. The van der Waals surface area contributed by atoms with E-state index in [1.165, 1.54) is 25.0 Å². The maximum absolute atomic E-state index is 13.4. The Morgan fingerprint density at radius 2 is 2.16 bits per heavy atom. The number of aryl methyl sites for hydroxylation is 1. The van der Waals surface area contributed by atoms with E-state index < -0.39 is 0 Å². The van der Waals surface area contributed by atoms with Gasteiger partial charge in [-0.1, -0.05) is 0 Å². The third kappa shape index (κ3) is 3.63. The highest BCUT2D eigenvalue weighted by Gasteiger charge is 2.36. The summed E-state index contributed by atoms with van der Waals surface area (Å²) in [6.07, 6.45) is 4.53. The van der Waals surface area contributed by atoms with Gasteiger partial charge in [-0.05, 0) is 56.7 Å². The minimum Gasteiger partial charge on any atom is -0.459 e. The monoisotopic (exact) mass is 346 g/mol. The first-order valence-corrected chi connectivity index (χ1v) is 8.93. The van der Waals surface area contributed by atoms with Crippen LogP contribution in [-0.2, 0) is 11.3 Å². The SMILES string of the molecule is Cc1c(CNC(=O)N[C@@H]2CCO[C@@H](C3CC3)C2)oc2ccc(F)cc12. The van der Waals surface area contributed by atoms with Crippen LogP contribution in [0.5, 0.6) is 0 Å². The lowest BCUT2D eigenvalue weighted by atomic mass is 10.0. The van der Waals surface area contributed by atoms with Crippen LogP contribution in [0.15, 0.2) is 22.6 Å². The van der Waals surface area contributed by atoms with Crippen LogP contribution in [0.4, 0.5) is 9.18 Å². The van der Waals surface area contributed by atoms with Gasteiger partial charge in [-0.3, -0.25) is 0 Å². The standard InChI is InChI=1S/C19H23FN2O3/c1-11-15-8-13(20)4-5-16(15)25-18(11)10-21-19(23)22-14-6-7-24-17(9-14)12-2-3-12/h4-5,8,12,14,17H,2-3,6-7,9-10H2,1H3,(H2,21,22,23)/t14-,17-/m1/s1. The zero-order valence-electron chi connectivity index (χ0n) is 14.3. The molecule has 1 saturated carbocycles. The van der Waals surface area contributed by atoms with E-state index in [4.69, 9.17) is 9.15 Å². The maximum atomic E-state index is 13.4. The lowest BCUT2D eigenvalue weighted by Crippen LogP contribution is -2.46. The molecule has 1 aliphatic carbocycles. The second kappa shape index (κ2) is 6.67. The van der Waals surface area contributed by atoms with Gasteiger partial charge in [0.2, 0.25) is 0 Å². The second-order valence-corrected chi connectivity index (χ2v) is 7.09. The third-order valence-corrected chi connectivity index (χ3v) is 5.20. The molecule has 0 radical (unpaired) electrons. The molecule has 0 unspecified atom stereocenters. The molecule has 2 fully saturated rings. The zero-order chi connectivity index (χ0) is 17.4. The van der Waals surface area contributed by atoms with Gasteiger partial charge < -0.3 is 19.8 Å². The van der Waals surface area contributed by atoms with Gasteiger partial charge in [0.15, 0.2) is 0 Å². The number of carbonyl (C=O) groups excluding carboxylic acids is 1. The van der Waals surface area contributed by atoms with Gasteiger partial charge in [0.05, 0.1) is 12.6 Å². The Kier molecular flexibility index (Phi) is 4.37. The number of furan rings is 1. The molecule has 1 aromatic carbocycles. The molecule has 0 spiro atoms. The van der Waals surface area contributed by atoms with E-state index in [-0.39, 0.29) is 24.4 Å². The Hall–Kier alpha value is -2.08. The van der Waals surface area contributed by atoms with Gasteiger partial charge in [-0.25, -0.2) is 9.18 Å². The highest BCUT2D eigenvalue weighted by atomic mass is 19.1. The molecular formula is C19H23FN2O3. The molecule has 1 aromatic heterocycles. The molecule has 25 heavy (non-hydrogen) atoms. The van der Waals surface area contributed by atoms with Crippen LogP contribution in [0.3, 0.4) is 0 Å². The molecule has 2 atom stereocenters. The number of amides is 2. The summed E-state index contributed by atoms with van der Waals surface area (Å²) in [7, 11) is 0. The van der Waals surface area contributed by atoms with Gasteiger partial charge in [0.25, 0.3) is 0 Å². The molecule has 1 aliphatic heterocycles. The van der Waals surface area contributed by atoms with Crippen LogP contribution in [-0.4, -0.2) is 24.8 Å². The Morgan fingerprint density at radius 3 is 2.96 bits per heavy atom. The van der Waals surface area contributed by atoms with Crippen molar-refractivity contribution in [1.29, 1.82) is 0 Å². The number of urea groups is 1. The normalized spacial score (nSPS) is 23.6. The summed E-state index contributed by atoms with van der Waals surface area (Å²) < 4.78 is 24.9. The summed E-state index contributed by atoms with van der Waals surface area (Å²) in [6, 6.07) is 4.40. The molecule has 1 saturated heterocycles. The number of halogens is 1. The van der Waals surface area contributed by atoms with Gasteiger partial charge in [0, 0.05) is 23.6 Å². The first kappa shape index (κ1) is 16.4. The molecular weight excluding hydrogens is 323 g/mol. The minimum absolute atomic E-state index is 0.158. The van der Waals surface area contributed by atoms with E-state index in [1.54, 1.807) is 6.07 Å². The fraction of sp³-hybridized carbons (Fsp3) is 0.526. The predicted octanol–water partition coefficient (Wildman–Crippen LogP) is 3.64. The van der Waals surface area contributed by atoms with Crippen molar-refractivity contribution in [2.45, 2.75) is 51.3 Å². The van der Waals surface area contributed by atoms with Crippen molar-refractivity contribution in [3.63, 3.8) is 0 Å². The molecule has 2 aromatic rings. The van der Waals surface area contributed by atoms with Crippen LogP contribution in [0.25, 0.3) is 11.0 Å². The summed E-state index contributed by atoms with van der Waals surface area (Å²) in [5.74, 6) is 1.04. The molecule has 2 aliphatic rings. The van der Waals surface area contributed by atoms with Gasteiger partial charge in [-0.2, -0.15) is 0 Å². The van der Waals surface area contributed by atoms with Crippen molar-refractivity contribution >= 4 is 17.0 Å². The average molecular weight is 346 g/mol. The minimum atomic E-state index is -0.293. The summed E-state index contributed by atoms with van der Waals surface area (Å²) in [5.41, 5.74) is 1.49. The van der Waals surface area contributed by atoms with E-state index in [0.717, 1.165) is 23.8 Å². The van der Waals surface area contributed by atoms with Crippen molar-refractivity contribution in [2.24, 2.45) is 5.92 Å². The number of carbonyl (C=O) groups is 1. The number of hydrogen-bond acceptors (Lipinski definition) is 3. The van der Waals surface area contributed by atoms with Crippen LogP contribution in [0.1, 0.15) is 37.0 Å². The van der Waals surface area contributed by atoms with E-state index in [1.807, 2.05) is 6.92 Å². The summed E-state index contributed by atoms with van der Waals surface area (Å²) in [6.45, 7) is 2.86. The number of fused-ring (bicyclic) bond motifs is 1. The van der Waals surface area contributed by atoms with Crippen molar-refractivity contribution < 1.29 is 18.3 Å². The zero-order valence-corrected chi connectivity index (χ0v) is 14.3. The summed E-state index contributed by atoms with van der Waals surface area (Å²) in [4.78, 5) is 12.2. The lowest BCUT2D eigenvalue weighted by molar-refractivity contribution is -0.00915. The number of hydrogen-bond donors (Lipinski definition) is 2. The fourth-order valence-electron chi connectivity index (χ4n) is 3.57. The number of ether oxygens (including phenoxy) is 1. The summed E-state index contributed by atoms with van der Waals surface area (Å²) >= 11 is 0. The first-order chi connectivity index (χ1) is 12.1. The maximum Gasteiger partial charge on any atom is 0.315 e. The van der Waals surface area contributed by atoms with Crippen LogP contribution < -0.4 is 10.6 Å². The molecule has 6 heteroatoms. The average Bonchev–Trinajstić information content (AvgIpc) is 3.40. The van der Waals surface area contributed by atoms with Crippen molar-refractivity contribution in [2.75, 3.05) is 6.61 Å². The third-order valence-electron chi connectivity index (χ3n) is 5.20. The Bertz CT molecular complexity index is 784. The van der Waals surface area contributed by atoms with Gasteiger partial charge in [-0.15, -0.1) is 0 Å². The lowest BCUT2D eigenvalue weighted by Gasteiger charge is -2.30. The van der Waals surface area contributed by atoms with Gasteiger partial charge in [0.1, 0.15) is 17.2 Å².